The molecule has 1 aromatic carbocycles. The van der Waals surface area contributed by atoms with E-state index in [2.05, 4.69) is 4.98 Å². The van der Waals surface area contributed by atoms with Gasteiger partial charge in [-0.05, 0) is 36.6 Å². The van der Waals surface area contributed by atoms with Crippen molar-refractivity contribution in [1.82, 2.24) is 19.4 Å². The molecule has 2 amide bonds. The molecule has 1 fully saturated rings. The molecule has 3 heterocycles. The van der Waals surface area contributed by atoms with E-state index in [0.29, 0.717) is 45.5 Å². The Balaban J connectivity index is 1.44. The summed E-state index contributed by atoms with van der Waals surface area (Å²) in [5.41, 5.74) is 0.230. The van der Waals surface area contributed by atoms with Gasteiger partial charge < -0.3 is 9.80 Å². The number of carbonyl (C=O) groups is 2. The van der Waals surface area contributed by atoms with E-state index in [9.17, 15) is 14.4 Å². The molecular weight excluding hydrogens is 447 g/mol. The minimum Gasteiger partial charge on any atom is -0.335 e. The Hall–Kier alpha value is -2.42. The van der Waals surface area contributed by atoms with Crippen molar-refractivity contribution in [1.29, 1.82) is 0 Å². The number of thiophene rings is 1. The van der Waals surface area contributed by atoms with Gasteiger partial charge in [0.05, 0.1) is 21.8 Å². The standard InChI is InChI=1S/C20H18Cl2N4O3S/c1-12-9-24(19(28)13-2-3-15(21)16(22)8-13)5-6-26(12)17(27)10-25-11-23-18-14(20(25)29)4-7-30-18/h2-4,7-8,11-12H,5-6,9-10H2,1H3. The maximum absolute atomic E-state index is 12.8. The molecular formula is C20H18Cl2N4O3S. The number of fused-ring (bicyclic) bond motifs is 1. The van der Waals surface area contributed by atoms with E-state index in [1.807, 2.05) is 6.92 Å². The molecule has 0 N–H and O–H groups in total. The molecule has 0 bridgehead atoms. The van der Waals surface area contributed by atoms with Crippen LogP contribution in [-0.4, -0.2) is 56.8 Å². The lowest BCUT2D eigenvalue weighted by Gasteiger charge is -2.40. The molecule has 1 unspecified atom stereocenters. The van der Waals surface area contributed by atoms with E-state index < -0.39 is 0 Å². The van der Waals surface area contributed by atoms with Crippen LogP contribution in [0.1, 0.15) is 17.3 Å². The highest BCUT2D eigenvalue weighted by atomic mass is 35.5. The Morgan fingerprint density at radius 2 is 2.00 bits per heavy atom. The Bertz CT molecular complexity index is 1190. The number of amides is 2. The molecule has 1 saturated heterocycles. The van der Waals surface area contributed by atoms with Gasteiger partial charge in [-0.25, -0.2) is 4.98 Å². The highest BCUT2D eigenvalue weighted by molar-refractivity contribution is 7.16. The number of carbonyl (C=O) groups excluding carboxylic acids is 2. The molecule has 0 spiro atoms. The zero-order chi connectivity index (χ0) is 21.4. The highest BCUT2D eigenvalue weighted by Crippen LogP contribution is 2.24. The Morgan fingerprint density at radius 1 is 1.20 bits per heavy atom. The van der Waals surface area contributed by atoms with Gasteiger partial charge in [-0.15, -0.1) is 11.3 Å². The first-order valence-corrected chi connectivity index (χ1v) is 10.9. The third-order valence-electron chi connectivity index (χ3n) is 5.16. The van der Waals surface area contributed by atoms with Gasteiger partial charge in [0.25, 0.3) is 11.5 Å². The fraction of sp³-hybridized carbons (Fsp3) is 0.300. The molecule has 3 aromatic rings. The molecule has 0 aliphatic carbocycles. The minimum atomic E-state index is -0.226. The van der Waals surface area contributed by atoms with Crippen molar-refractivity contribution in [3.8, 4) is 0 Å². The number of nitrogens with zero attached hydrogens (tertiary/aromatic N) is 4. The molecule has 2 aromatic heterocycles. The molecule has 156 valence electrons. The summed E-state index contributed by atoms with van der Waals surface area (Å²) in [5.74, 6) is -0.335. The Kier molecular flexibility index (Phi) is 5.81. The van der Waals surface area contributed by atoms with Crippen molar-refractivity contribution in [3.05, 3.63) is 61.9 Å². The van der Waals surface area contributed by atoms with Crippen molar-refractivity contribution < 1.29 is 9.59 Å². The maximum Gasteiger partial charge on any atom is 0.262 e. The molecule has 7 nitrogen and oxygen atoms in total. The first-order valence-electron chi connectivity index (χ1n) is 9.31. The summed E-state index contributed by atoms with van der Waals surface area (Å²) in [7, 11) is 0. The topological polar surface area (TPSA) is 75.5 Å². The third-order valence-corrected chi connectivity index (χ3v) is 6.72. The van der Waals surface area contributed by atoms with Crippen LogP contribution in [0.2, 0.25) is 10.0 Å². The number of rotatable bonds is 3. The quantitative estimate of drug-likeness (QED) is 0.596. The van der Waals surface area contributed by atoms with Gasteiger partial charge in [-0.2, -0.15) is 0 Å². The predicted octanol–water partition coefficient (Wildman–Crippen LogP) is 3.14. The van der Waals surface area contributed by atoms with Crippen LogP contribution in [0.25, 0.3) is 10.2 Å². The van der Waals surface area contributed by atoms with Crippen LogP contribution in [0.15, 0.2) is 40.8 Å². The van der Waals surface area contributed by atoms with Crippen LogP contribution in [0.3, 0.4) is 0 Å². The fourth-order valence-corrected chi connectivity index (χ4v) is 4.59. The minimum absolute atomic E-state index is 0.0807. The number of aromatic nitrogens is 2. The Labute approximate surface area is 186 Å². The predicted molar refractivity (Wildman–Crippen MR) is 117 cm³/mol. The average Bonchev–Trinajstić information content (AvgIpc) is 3.21. The van der Waals surface area contributed by atoms with Crippen molar-refractivity contribution in [2.75, 3.05) is 19.6 Å². The van der Waals surface area contributed by atoms with Gasteiger partial charge in [0.15, 0.2) is 0 Å². The van der Waals surface area contributed by atoms with Gasteiger partial charge >= 0.3 is 0 Å². The van der Waals surface area contributed by atoms with Gasteiger partial charge in [0, 0.05) is 31.2 Å². The molecule has 10 heteroatoms. The first kappa shape index (κ1) is 20.8. The van der Waals surface area contributed by atoms with Crippen LogP contribution in [-0.2, 0) is 11.3 Å². The van der Waals surface area contributed by atoms with Crippen LogP contribution >= 0.6 is 34.5 Å². The summed E-state index contributed by atoms with van der Waals surface area (Å²) < 4.78 is 1.33. The van der Waals surface area contributed by atoms with E-state index >= 15 is 0 Å². The van der Waals surface area contributed by atoms with Crippen molar-refractivity contribution in [2.24, 2.45) is 0 Å². The smallest absolute Gasteiger partial charge is 0.262 e. The molecule has 1 aliphatic heterocycles. The summed E-state index contributed by atoms with van der Waals surface area (Å²) in [6.45, 7) is 2.97. The van der Waals surface area contributed by atoms with Crippen LogP contribution in [0, 0.1) is 0 Å². The molecule has 0 saturated carbocycles. The first-order chi connectivity index (χ1) is 14.3. The van der Waals surface area contributed by atoms with Gasteiger partial charge in [0.2, 0.25) is 5.91 Å². The second kappa shape index (κ2) is 8.37. The van der Waals surface area contributed by atoms with Crippen LogP contribution in [0.4, 0.5) is 0 Å². The SMILES string of the molecule is CC1CN(C(=O)c2ccc(Cl)c(Cl)c2)CCN1C(=O)Cn1cnc2sccc2c1=O. The van der Waals surface area contributed by atoms with E-state index in [1.54, 1.807) is 39.4 Å². The van der Waals surface area contributed by atoms with E-state index in [-0.39, 0.29) is 30.0 Å². The van der Waals surface area contributed by atoms with E-state index in [0.717, 1.165) is 0 Å². The van der Waals surface area contributed by atoms with Crippen molar-refractivity contribution >= 4 is 56.6 Å². The van der Waals surface area contributed by atoms with Gasteiger partial charge in [-0.3, -0.25) is 19.0 Å². The van der Waals surface area contributed by atoms with Crippen molar-refractivity contribution in [2.45, 2.75) is 19.5 Å². The highest BCUT2D eigenvalue weighted by Gasteiger charge is 2.30. The number of hydrogen-bond acceptors (Lipinski definition) is 5. The van der Waals surface area contributed by atoms with Crippen LogP contribution < -0.4 is 5.56 Å². The average molecular weight is 465 g/mol. The number of hydrogen-bond donors (Lipinski definition) is 0. The summed E-state index contributed by atoms with van der Waals surface area (Å²) in [4.78, 5) is 46.4. The summed E-state index contributed by atoms with van der Waals surface area (Å²) in [6, 6.07) is 6.31. The van der Waals surface area contributed by atoms with Gasteiger partial charge in [0.1, 0.15) is 11.4 Å². The van der Waals surface area contributed by atoms with Crippen LogP contribution in [0.5, 0.6) is 0 Å². The lowest BCUT2D eigenvalue weighted by Crippen LogP contribution is -2.56. The molecule has 4 rings (SSSR count). The van der Waals surface area contributed by atoms with E-state index in [1.165, 1.54) is 22.2 Å². The zero-order valence-electron chi connectivity index (χ0n) is 16.0. The fourth-order valence-electron chi connectivity index (χ4n) is 3.57. The molecule has 30 heavy (non-hydrogen) atoms. The summed E-state index contributed by atoms with van der Waals surface area (Å²) in [6.07, 6.45) is 1.41. The number of benzene rings is 1. The molecule has 1 atom stereocenters. The Morgan fingerprint density at radius 3 is 2.73 bits per heavy atom. The summed E-state index contributed by atoms with van der Waals surface area (Å²) >= 11 is 13.3. The maximum atomic E-state index is 12.8. The lowest BCUT2D eigenvalue weighted by atomic mass is 10.1. The molecule has 1 aliphatic rings. The van der Waals surface area contributed by atoms with Crippen molar-refractivity contribution in [3.63, 3.8) is 0 Å². The third kappa shape index (κ3) is 3.95. The lowest BCUT2D eigenvalue weighted by molar-refractivity contribution is -0.136. The second-order valence-electron chi connectivity index (χ2n) is 7.13. The number of piperazine rings is 1. The summed E-state index contributed by atoms with van der Waals surface area (Å²) in [5, 5.41) is 3.03. The normalized spacial score (nSPS) is 16.8. The van der Waals surface area contributed by atoms with Gasteiger partial charge in [-0.1, -0.05) is 23.2 Å². The number of halogens is 2. The second-order valence-corrected chi connectivity index (χ2v) is 8.84. The van der Waals surface area contributed by atoms with E-state index in [4.69, 9.17) is 23.2 Å². The zero-order valence-corrected chi connectivity index (χ0v) is 18.4. The molecule has 0 radical (unpaired) electrons. The monoisotopic (exact) mass is 464 g/mol. The largest absolute Gasteiger partial charge is 0.335 e.